The van der Waals surface area contributed by atoms with E-state index in [2.05, 4.69) is 0 Å². The first-order valence-electron chi connectivity index (χ1n) is 0. The first kappa shape index (κ1) is 397. The van der Waals surface area contributed by atoms with E-state index in [-0.39, 0.29) is 55.7 Å². The molecule has 0 spiro atoms. The second kappa shape index (κ2) is 231. The minimum atomic E-state index is 0. The fourth-order valence-electron chi connectivity index (χ4n) is 0. The summed E-state index contributed by atoms with van der Waals surface area (Å²) in [5, 5.41) is 0. The van der Waals surface area contributed by atoms with Gasteiger partial charge in [-0.3, -0.25) is 0 Å². The average Bonchev–Trinajstić information content (AvgIpc) is 0. The van der Waals surface area contributed by atoms with Gasteiger partial charge in [0.05, 0.1) is 0 Å². The van der Waals surface area contributed by atoms with Crippen LogP contribution in [0.3, 0.4) is 0 Å². The molecule has 0 aromatic heterocycles. The number of hydrogen-bond acceptors (Lipinski definition) is 3. The molecule has 0 bridgehead atoms. The van der Waals surface area contributed by atoms with Crippen LogP contribution in [-0.4, -0.2) is 0 Å². The second-order valence-electron chi connectivity index (χ2n) is 0. The predicted molar refractivity (Wildman–Crippen MR) is 36.8 cm³/mol. The topological polar surface area (TPSA) is 105 Å². The van der Waals surface area contributed by atoms with E-state index < -0.39 is 0 Å². The Morgan fingerprint density at radius 1 is 0.333 bits per heavy atom. The highest BCUT2D eigenvalue weighted by Crippen LogP contribution is 0.692. The lowest BCUT2D eigenvalue weighted by atomic mass is 14.0. The summed E-state index contributed by atoms with van der Waals surface area (Å²) in [6, 6.07) is 0. The minimum Gasteiger partial charge on any atom is -0.344 e. The van der Waals surface area contributed by atoms with E-state index >= 15 is 0 Å². The Labute approximate surface area is 56.2 Å². The Morgan fingerprint density at radius 2 is 0.333 bits per heavy atom. The molecule has 3 nitrogen and oxygen atoms in total. The van der Waals surface area contributed by atoms with Gasteiger partial charge in [0.15, 0.2) is 0 Å². The van der Waals surface area contributed by atoms with Crippen LogP contribution in [0.15, 0.2) is 0 Å². The molecule has 0 heterocycles. The smallest absolute Gasteiger partial charge is 0.147 e. The number of rotatable bonds is 0. The molecule has 0 aliphatic rings. The van der Waals surface area contributed by atoms with Gasteiger partial charge in [0.2, 0.25) is 0 Å². The Hall–Kier alpha value is 0.750. The Kier molecular flexibility index (Phi) is 15300. The molecule has 0 atom stereocenters. The van der Waals surface area contributed by atoms with Crippen LogP contribution in [0.4, 0.5) is 0 Å². The molecule has 0 aromatic rings. The lowest BCUT2D eigenvalue weighted by molar-refractivity contribution is 2.13. The normalized spacial score (nSPS) is 0. The minimum absolute atomic E-state index is 0. The van der Waals surface area contributed by atoms with Crippen LogP contribution in [0.25, 0.3) is 0 Å². The summed E-state index contributed by atoms with van der Waals surface area (Å²) >= 11 is 0. The van der Waals surface area contributed by atoms with E-state index in [1.807, 2.05) is 0 Å². The van der Waals surface area contributed by atoms with Crippen molar-refractivity contribution in [3.8, 4) is 0 Å². The number of halogens is 3. The maximum Gasteiger partial charge on any atom is -0.147 e. The summed E-state index contributed by atoms with van der Waals surface area (Å²) < 4.78 is 0. The van der Waals surface area contributed by atoms with Crippen molar-refractivity contribution in [2.45, 2.75) is 0 Å². The highest BCUT2D eigenvalue weighted by atomic mass is 35.5. The average molecular weight is 160 g/mol. The highest BCUT2D eigenvalue weighted by molar-refractivity contribution is 5.86. The fourth-order valence-corrected chi connectivity index (χ4v) is 0. The number of hydrogen-bond donors (Lipinski definition) is 3. The van der Waals surface area contributed by atoms with Crippen LogP contribution < -0.4 is 18.5 Å². The van der Waals surface area contributed by atoms with Gasteiger partial charge >= 0.3 is 0 Å². The van der Waals surface area contributed by atoms with E-state index in [9.17, 15) is 0 Å². The fraction of sp³-hybridized carbons (Fsp3) is 0. The maximum atomic E-state index is 0. The van der Waals surface area contributed by atoms with Crippen LogP contribution in [-0.2, 0) is 0 Å². The lowest BCUT2D eigenvalue weighted by Crippen LogP contribution is -0.482. The van der Waals surface area contributed by atoms with Crippen LogP contribution in [0, 0.1) is 0 Å². The van der Waals surface area contributed by atoms with Crippen LogP contribution in [0.1, 0.15) is 0 Å². The summed E-state index contributed by atoms with van der Waals surface area (Å²) in [5.74, 6) is 0. The van der Waals surface area contributed by atoms with Gasteiger partial charge in [-0.25, -0.2) is 0 Å². The van der Waals surface area contributed by atoms with Crippen LogP contribution in [0.5, 0.6) is 0 Å². The molecule has 0 radical (unpaired) electrons. The van der Waals surface area contributed by atoms with Crippen molar-refractivity contribution in [1.29, 1.82) is 0 Å². The standard InChI is InChI=1S/3ClH.3H3N/h3*1H;3*1H3. The molecule has 48 valence electrons. The molecular formula is H12Cl3N3. The van der Waals surface area contributed by atoms with Crippen LogP contribution >= 0.6 is 37.2 Å². The molecular weight excluding hydrogens is 148 g/mol. The predicted octanol–water partition coefficient (Wildman–Crippen LogP) is 1.75. The van der Waals surface area contributed by atoms with Crippen molar-refractivity contribution in [3.05, 3.63) is 0 Å². The van der Waals surface area contributed by atoms with Gasteiger partial charge in [0.1, 0.15) is 0 Å². The van der Waals surface area contributed by atoms with Gasteiger partial charge < -0.3 is 18.5 Å². The second-order valence-corrected chi connectivity index (χ2v) is 0. The first-order valence-corrected chi connectivity index (χ1v) is 0. The van der Waals surface area contributed by atoms with Crippen LogP contribution in [0.2, 0.25) is 0 Å². The van der Waals surface area contributed by atoms with Crippen molar-refractivity contribution in [2.24, 2.45) is 0 Å². The van der Waals surface area contributed by atoms with E-state index in [1.54, 1.807) is 0 Å². The van der Waals surface area contributed by atoms with Gasteiger partial charge in [0.25, 0.3) is 0 Å². The molecule has 6 heteroatoms. The summed E-state index contributed by atoms with van der Waals surface area (Å²) in [5.41, 5.74) is 0. The molecule has 0 amide bonds. The Bertz CT molecular complexity index is 6.00. The molecule has 6 heavy (non-hydrogen) atoms. The summed E-state index contributed by atoms with van der Waals surface area (Å²) in [4.78, 5) is 0. The van der Waals surface area contributed by atoms with Crippen molar-refractivity contribution < 1.29 is 0 Å². The van der Waals surface area contributed by atoms with Crippen molar-refractivity contribution in [3.63, 3.8) is 0 Å². The molecule has 0 saturated carbocycles. The van der Waals surface area contributed by atoms with E-state index in [4.69, 9.17) is 0 Å². The summed E-state index contributed by atoms with van der Waals surface area (Å²) in [7, 11) is 0. The monoisotopic (exact) mass is 159 g/mol. The van der Waals surface area contributed by atoms with Gasteiger partial charge in [-0.15, -0.1) is 37.2 Å². The third-order valence-electron chi connectivity index (χ3n) is 0. The SMILES string of the molecule is Cl.Cl.Cl.N.N.N. The first-order chi connectivity index (χ1) is 0. The largest absolute Gasteiger partial charge is 0.344 e. The van der Waals surface area contributed by atoms with Gasteiger partial charge in [-0.2, -0.15) is 0 Å². The molecule has 0 aliphatic carbocycles. The molecule has 0 saturated heterocycles. The van der Waals surface area contributed by atoms with E-state index in [0.29, 0.717) is 0 Å². The van der Waals surface area contributed by atoms with E-state index in [0.717, 1.165) is 0 Å². The van der Waals surface area contributed by atoms with E-state index in [1.165, 1.54) is 0 Å². The Balaban J connectivity index is 0. The third kappa shape index (κ3) is 119. The van der Waals surface area contributed by atoms with Crippen molar-refractivity contribution >= 4 is 37.2 Å². The third-order valence-corrected chi connectivity index (χ3v) is 0. The molecule has 0 aliphatic heterocycles. The molecule has 9 N–H and O–H groups in total. The van der Waals surface area contributed by atoms with Gasteiger partial charge in [-0.1, -0.05) is 0 Å². The summed E-state index contributed by atoms with van der Waals surface area (Å²) in [6.07, 6.45) is 0. The zero-order chi connectivity index (χ0) is 0. The van der Waals surface area contributed by atoms with Gasteiger partial charge in [-0.05, 0) is 0 Å². The lowest BCUT2D eigenvalue weighted by Gasteiger charge is -0.345. The zero-order valence-electron chi connectivity index (χ0n) is 3.35. The summed E-state index contributed by atoms with van der Waals surface area (Å²) in [6.45, 7) is 0. The van der Waals surface area contributed by atoms with Crippen molar-refractivity contribution in [2.75, 3.05) is 0 Å². The molecule has 0 rings (SSSR count). The Morgan fingerprint density at radius 3 is 0.333 bits per heavy atom. The quantitative estimate of drug-likeness (QED) is 0.503. The molecule has 0 aromatic carbocycles. The highest BCUT2D eigenvalue weighted by Gasteiger charge is -0.145. The maximum absolute atomic E-state index is 0. The molecule has 0 unspecified atom stereocenters. The zero-order valence-corrected chi connectivity index (χ0v) is 5.80. The van der Waals surface area contributed by atoms with Crippen molar-refractivity contribution in [1.82, 2.24) is 18.5 Å². The van der Waals surface area contributed by atoms with Gasteiger partial charge in [0, 0.05) is 0 Å². The molecule has 0 fully saturated rings.